The van der Waals surface area contributed by atoms with Crippen LogP contribution in [0.1, 0.15) is 31.2 Å². The monoisotopic (exact) mass is 499 g/mol. The van der Waals surface area contributed by atoms with Crippen LogP contribution in [0.4, 0.5) is 0 Å². The van der Waals surface area contributed by atoms with E-state index in [9.17, 15) is 0 Å². The molecule has 0 bridgehead atoms. The van der Waals surface area contributed by atoms with Crippen LogP contribution in [0.5, 0.6) is 23.0 Å². The van der Waals surface area contributed by atoms with Gasteiger partial charge in [-0.1, -0.05) is 12.8 Å². The van der Waals surface area contributed by atoms with E-state index in [1.807, 2.05) is 6.07 Å². The van der Waals surface area contributed by atoms with Crippen LogP contribution in [-0.4, -0.2) is 27.9 Å². The van der Waals surface area contributed by atoms with Crippen molar-refractivity contribution in [3.63, 3.8) is 0 Å². The third kappa shape index (κ3) is 4.01. The van der Waals surface area contributed by atoms with Crippen molar-refractivity contribution in [1.29, 1.82) is 0 Å². The van der Waals surface area contributed by atoms with E-state index in [4.69, 9.17) is 18.9 Å². The molecule has 3 aromatic rings. The van der Waals surface area contributed by atoms with Crippen molar-refractivity contribution in [3.05, 3.63) is 42.1 Å². The Balaban J connectivity index is 0.00000245. The van der Waals surface area contributed by atoms with Gasteiger partial charge < -0.3 is 35.9 Å². The zero-order valence-electron chi connectivity index (χ0n) is 18.9. The molecule has 1 fully saturated rings. The second-order valence-corrected chi connectivity index (χ2v) is 8.53. The maximum atomic E-state index is 6.38. The summed E-state index contributed by atoms with van der Waals surface area (Å²) < 4.78 is 25.4. The van der Waals surface area contributed by atoms with Crippen LogP contribution in [0.25, 0.3) is 22.0 Å². The van der Waals surface area contributed by atoms with Crippen LogP contribution in [0.15, 0.2) is 36.5 Å². The van der Waals surface area contributed by atoms with Gasteiger partial charge in [-0.3, -0.25) is 0 Å². The first-order valence-electron chi connectivity index (χ1n) is 11.1. The van der Waals surface area contributed by atoms with Gasteiger partial charge in [0, 0.05) is 12.5 Å². The number of aryl methyl sites for hydroxylation is 2. The lowest BCUT2D eigenvalue weighted by Gasteiger charge is -2.20. The molecule has 5 nitrogen and oxygen atoms in total. The minimum Gasteiger partial charge on any atom is -1.00 e. The van der Waals surface area contributed by atoms with Crippen molar-refractivity contribution in [2.45, 2.75) is 38.6 Å². The molecule has 2 aromatic carbocycles. The Labute approximate surface area is 200 Å². The number of benzene rings is 2. The van der Waals surface area contributed by atoms with E-state index in [1.54, 1.807) is 21.3 Å². The number of pyridine rings is 1. The SMILES string of the molecule is COc1cc2c(cc1OC)-c1cc3ccc(OC)c(OCC4CCCC4)c3c[n+]1CC2.[Br-]. The molecule has 0 N–H and O–H groups in total. The number of hydrogen-bond donors (Lipinski definition) is 0. The molecule has 6 heteroatoms. The molecule has 2 aliphatic rings. The zero-order valence-corrected chi connectivity index (χ0v) is 20.5. The molecule has 5 rings (SSSR count). The van der Waals surface area contributed by atoms with Gasteiger partial charge in [-0.15, -0.1) is 0 Å². The molecule has 1 aliphatic heterocycles. The van der Waals surface area contributed by atoms with Crippen LogP contribution < -0.4 is 40.5 Å². The zero-order chi connectivity index (χ0) is 21.4. The standard InChI is InChI=1S/C26H30NO4.BrH/c1-28-23-9-8-18-12-22-20-14-25(30-3)24(29-2)13-19(20)10-11-27(22)15-21(18)26(23)31-16-17-6-4-5-7-17;/h8-9,12-15,17H,4-7,10-11,16H2,1-3H3;1H/q+1;/p-1. The van der Waals surface area contributed by atoms with Gasteiger partial charge in [-0.2, -0.15) is 4.57 Å². The van der Waals surface area contributed by atoms with Crippen molar-refractivity contribution in [2.75, 3.05) is 27.9 Å². The van der Waals surface area contributed by atoms with E-state index in [0.717, 1.165) is 53.3 Å². The first-order valence-corrected chi connectivity index (χ1v) is 11.1. The third-order valence-corrected chi connectivity index (χ3v) is 6.75. The van der Waals surface area contributed by atoms with Crippen LogP contribution in [0.3, 0.4) is 0 Å². The average Bonchev–Trinajstić information content (AvgIpc) is 3.33. The maximum absolute atomic E-state index is 6.38. The fourth-order valence-electron chi connectivity index (χ4n) is 5.02. The largest absolute Gasteiger partial charge is 1.00 e. The van der Waals surface area contributed by atoms with Gasteiger partial charge in [0.15, 0.2) is 35.7 Å². The van der Waals surface area contributed by atoms with E-state index < -0.39 is 0 Å². The van der Waals surface area contributed by atoms with Gasteiger partial charge >= 0.3 is 0 Å². The number of halogens is 1. The summed E-state index contributed by atoms with van der Waals surface area (Å²) in [7, 11) is 5.08. The summed E-state index contributed by atoms with van der Waals surface area (Å²) >= 11 is 0. The smallest absolute Gasteiger partial charge is 0.213 e. The van der Waals surface area contributed by atoms with Crippen LogP contribution >= 0.6 is 0 Å². The molecule has 0 atom stereocenters. The summed E-state index contributed by atoms with van der Waals surface area (Å²) in [6.07, 6.45) is 8.33. The number of rotatable bonds is 6. The molecule has 1 aliphatic carbocycles. The molecule has 2 heterocycles. The fraction of sp³-hybridized carbons (Fsp3) is 0.423. The van der Waals surface area contributed by atoms with Crippen molar-refractivity contribution < 1.29 is 40.5 Å². The Hall–Kier alpha value is -2.47. The van der Waals surface area contributed by atoms with Crippen LogP contribution in [0.2, 0.25) is 0 Å². The lowest BCUT2D eigenvalue weighted by molar-refractivity contribution is -0.686. The summed E-state index contributed by atoms with van der Waals surface area (Å²) in [5.41, 5.74) is 3.65. The predicted molar refractivity (Wildman–Crippen MR) is 120 cm³/mol. The molecule has 0 radical (unpaired) electrons. The molecule has 0 amide bonds. The molecular weight excluding hydrogens is 470 g/mol. The van der Waals surface area contributed by atoms with Crippen LogP contribution in [-0.2, 0) is 13.0 Å². The molecule has 32 heavy (non-hydrogen) atoms. The number of ether oxygens (including phenoxy) is 4. The van der Waals surface area contributed by atoms with Crippen molar-refractivity contribution in [3.8, 4) is 34.3 Å². The first kappa shape index (κ1) is 22.7. The van der Waals surface area contributed by atoms with Gasteiger partial charge in [0.05, 0.1) is 38.9 Å². The Morgan fingerprint density at radius 3 is 2.34 bits per heavy atom. The second-order valence-electron chi connectivity index (χ2n) is 8.53. The summed E-state index contributed by atoms with van der Waals surface area (Å²) in [5, 5.41) is 2.25. The maximum Gasteiger partial charge on any atom is 0.213 e. The van der Waals surface area contributed by atoms with E-state index in [-0.39, 0.29) is 17.0 Å². The molecule has 1 saturated carbocycles. The molecule has 0 saturated heterocycles. The van der Waals surface area contributed by atoms with Gasteiger partial charge in [-0.25, -0.2) is 0 Å². The summed E-state index contributed by atoms with van der Waals surface area (Å²) in [5.74, 6) is 3.85. The minimum absolute atomic E-state index is 0. The summed E-state index contributed by atoms with van der Waals surface area (Å²) in [6, 6.07) is 10.6. The van der Waals surface area contributed by atoms with Gasteiger partial charge in [-0.05, 0) is 54.0 Å². The Morgan fingerprint density at radius 2 is 1.62 bits per heavy atom. The number of nitrogens with zero attached hydrogens (tertiary/aromatic N) is 1. The Kier molecular flexibility index (Phi) is 6.79. The van der Waals surface area contributed by atoms with E-state index in [2.05, 4.69) is 35.0 Å². The molecule has 170 valence electrons. The third-order valence-electron chi connectivity index (χ3n) is 6.75. The molecule has 0 spiro atoms. The highest BCUT2D eigenvalue weighted by molar-refractivity contribution is 5.91. The summed E-state index contributed by atoms with van der Waals surface area (Å²) in [4.78, 5) is 0. The van der Waals surface area contributed by atoms with Crippen molar-refractivity contribution >= 4 is 10.8 Å². The van der Waals surface area contributed by atoms with Crippen molar-refractivity contribution in [2.24, 2.45) is 5.92 Å². The van der Waals surface area contributed by atoms with Gasteiger partial charge in [0.2, 0.25) is 5.69 Å². The molecule has 1 aromatic heterocycles. The normalized spacial score (nSPS) is 15.0. The lowest BCUT2D eigenvalue weighted by Crippen LogP contribution is -3.00. The molecule has 0 unspecified atom stereocenters. The summed E-state index contributed by atoms with van der Waals surface area (Å²) in [6.45, 7) is 1.67. The average molecular weight is 500 g/mol. The highest BCUT2D eigenvalue weighted by Gasteiger charge is 2.27. The van der Waals surface area contributed by atoms with Gasteiger partial charge in [0.25, 0.3) is 0 Å². The minimum atomic E-state index is 0. The van der Waals surface area contributed by atoms with E-state index >= 15 is 0 Å². The Morgan fingerprint density at radius 1 is 0.906 bits per heavy atom. The predicted octanol–water partition coefficient (Wildman–Crippen LogP) is 1.95. The van der Waals surface area contributed by atoms with E-state index in [1.165, 1.54) is 42.5 Å². The highest BCUT2D eigenvalue weighted by Crippen LogP contribution is 2.40. The number of methoxy groups -OCH3 is 3. The number of hydrogen-bond acceptors (Lipinski definition) is 4. The van der Waals surface area contributed by atoms with Crippen LogP contribution in [0, 0.1) is 5.92 Å². The highest BCUT2D eigenvalue weighted by atomic mass is 79.9. The Bertz CT molecular complexity index is 1120. The van der Waals surface area contributed by atoms with Crippen molar-refractivity contribution in [1.82, 2.24) is 0 Å². The second kappa shape index (κ2) is 9.57. The lowest BCUT2D eigenvalue weighted by atomic mass is 9.95. The quantitative estimate of drug-likeness (QED) is 0.486. The number of fused-ring (bicyclic) bond motifs is 4. The van der Waals surface area contributed by atoms with E-state index in [0.29, 0.717) is 5.92 Å². The molecular formula is C26H30BrNO4. The van der Waals surface area contributed by atoms with Gasteiger partial charge in [0.1, 0.15) is 0 Å². The fourth-order valence-corrected chi connectivity index (χ4v) is 5.02. The first-order chi connectivity index (χ1) is 15.2. The topological polar surface area (TPSA) is 40.8 Å². The number of aromatic nitrogens is 1.